The first-order chi connectivity index (χ1) is 12.3. The van der Waals surface area contributed by atoms with Crippen LogP contribution in [0.15, 0.2) is 35.5 Å². The van der Waals surface area contributed by atoms with Crippen LogP contribution in [0.3, 0.4) is 0 Å². The zero-order valence-electron chi connectivity index (χ0n) is 13.6. The quantitative estimate of drug-likeness (QED) is 0.739. The summed E-state index contributed by atoms with van der Waals surface area (Å²) in [4.78, 5) is 27.7. The minimum Gasteiger partial charge on any atom is -0.349 e. The molecule has 1 aliphatic rings. The van der Waals surface area contributed by atoms with Crippen molar-refractivity contribution in [1.29, 1.82) is 0 Å². The van der Waals surface area contributed by atoms with Crippen LogP contribution in [0.4, 0.5) is 0 Å². The highest BCUT2D eigenvalue weighted by molar-refractivity contribution is 7.13. The lowest BCUT2D eigenvalue weighted by atomic mass is 9.95. The van der Waals surface area contributed by atoms with Crippen LogP contribution in [0.2, 0.25) is 0 Å². The third-order valence-corrected chi connectivity index (χ3v) is 5.99. The van der Waals surface area contributed by atoms with E-state index in [2.05, 4.69) is 15.3 Å². The van der Waals surface area contributed by atoms with E-state index in [1.165, 1.54) is 41.9 Å². The van der Waals surface area contributed by atoms with Gasteiger partial charge in [0, 0.05) is 24.0 Å². The van der Waals surface area contributed by atoms with E-state index in [1.54, 1.807) is 23.4 Å². The Kier molecular flexibility index (Phi) is 4.85. The summed E-state index contributed by atoms with van der Waals surface area (Å²) in [6.45, 7) is 0. The summed E-state index contributed by atoms with van der Waals surface area (Å²) >= 11 is 3.04. The van der Waals surface area contributed by atoms with Crippen molar-refractivity contribution < 1.29 is 4.79 Å². The van der Waals surface area contributed by atoms with Gasteiger partial charge in [0.25, 0.3) is 5.91 Å². The predicted molar refractivity (Wildman–Crippen MR) is 101 cm³/mol. The molecule has 3 aromatic rings. The Hall–Kier alpha value is -2.12. The van der Waals surface area contributed by atoms with Crippen LogP contribution in [0.1, 0.15) is 42.5 Å². The summed E-state index contributed by atoms with van der Waals surface area (Å²) in [5.41, 5.74) is 5.76. The molecule has 0 aromatic carbocycles. The second-order valence-electron chi connectivity index (χ2n) is 6.17. The number of amides is 1. The minimum atomic E-state index is -0.0224. The SMILES string of the molecule is O=C(NC1CCCCC1)c1cc(-c2cncs2)nc(-c2cncs2)c1. The number of rotatable bonds is 4. The van der Waals surface area contributed by atoms with E-state index in [0.29, 0.717) is 5.56 Å². The Bertz CT molecular complexity index is 788. The highest BCUT2D eigenvalue weighted by atomic mass is 32.1. The molecule has 0 aliphatic heterocycles. The summed E-state index contributed by atoms with van der Waals surface area (Å²) in [5.74, 6) is -0.0224. The molecule has 0 bridgehead atoms. The lowest BCUT2D eigenvalue weighted by Crippen LogP contribution is -2.36. The van der Waals surface area contributed by atoms with Crippen LogP contribution in [0.25, 0.3) is 21.1 Å². The molecule has 25 heavy (non-hydrogen) atoms. The van der Waals surface area contributed by atoms with Crippen molar-refractivity contribution in [3.63, 3.8) is 0 Å². The molecular formula is C18H18N4OS2. The Morgan fingerprint density at radius 2 is 1.56 bits per heavy atom. The van der Waals surface area contributed by atoms with Crippen LogP contribution in [-0.2, 0) is 0 Å². The number of hydrogen-bond acceptors (Lipinski definition) is 6. The van der Waals surface area contributed by atoms with Crippen molar-refractivity contribution in [3.05, 3.63) is 41.1 Å². The molecule has 5 nitrogen and oxygen atoms in total. The molecule has 0 saturated heterocycles. The monoisotopic (exact) mass is 370 g/mol. The van der Waals surface area contributed by atoms with Crippen LogP contribution in [0, 0.1) is 0 Å². The van der Waals surface area contributed by atoms with Gasteiger partial charge in [-0.25, -0.2) is 4.98 Å². The van der Waals surface area contributed by atoms with Gasteiger partial charge in [0.05, 0.1) is 32.2 Å². The molecule has 1 fully saturated rings. The smallest absolute Gasteiger partial charge is 0.251 e. The van der Waals surface area contributed by atoms with Gasteiger partial charge in [0.2, 0.25) is 0 Å². The fourth-order valence-corrected chi connectivity index (χ4v) is 4.28. The van der Waals surface area contributed by atoms with Crippen LogP contribution >= 0.6 is 22.7 Å². The molecule has 0 radical (unpaired) electrons. The molecule has 3 heterocycles. The second kappa shape index (κ2) is 7.41. The predicted octanol–water partition coefficient (Wildman–Crippen LogP) is 4.39. The molecule has 1 aliphatic carbocycles. The number of carbonyl (C=O) groups excluding carboxylic acids is 1. The van der Waals surface area contributed by atoms with E-state index < -0.39 is 0 Å². The standard InChI is InChI=1S/C18H18N4OS2/c23-18(21-13-4-2-1-3-5-13)12-6-14(16-8-19-10-24-16)22-15(7-12)17-9-20-11-25-17/h6-11,13H,1-5H2,(H,21,23). The Morgan fingerprint density at radius 3 is 2.08 bits per heavy atom. The van der Waals surface area contributed by atoms with E-state index in [4.69, 9.17) is 4.98 Å². The van der Waals surface area contributed by atoms with Crippen LogP contribution in [0.5, 0.6) is 0 Å². The van der Waals surface area contributed by atoms with Crippen LogP contribution < -0.4 is 5.32 Å². The third-order valence-electron chi connectivity index (χ3n) is 4.40. The van der Waals surface area contributed by atoms with Crippen molar-refractivity contribution in [2.45, 2.75) is 38.1 Å². The zero-order chi connectivity index (χ0) is 17.1. The Labute approximate surface area is 154 Å². The maximum absolute atomic E-state index is 12.8. The molecule has 128 valence electrons. The largest absolute Gasteiger partial charge is 0.349 e. The number of thiazole rings is 2. The van der Waals surface area contributed by atoms with Gasteiger partial charge in [0.15, 0.2) is 0 Å². The first-order valence-corrected chi connectivity index (χ1v) is 10.2. The lowest BCUT2D eigenvalue weighted by molar-refractivity contribution is 0.0927. The molecule has 0 unspecified atom stereocenters. The van der Waals surface area contributed by atoms with E-state index in [9.17, 15) is 4.79 Å². The fraction of sp³-hybridized carbons (Fsp3) is 0.333. The number of hydrogen-bond donors (Lipinski definition) is 1. The number of nitrogens with zero attached hydrogens (tertiary/aromatic N) is 3. The number of carbonyl (C=O) groups is 1. The molecule has 4 rings (SSSR count). The normalized spacial score (nSPS) is 15.2. The van der Waals surface area contributed by atoms with Gasteiger partial charge >= 0.3 is 0 Å². The average Bonchev–Trinajstić information content (AvgIpc) is 3.36. The molecule has 0 spiro atoms. The summed E-state index contributed by atoms with van der Waals surface area (Å²) in [5, 5.41) is 3.19. The van der Waals surface area contributed by atoms with Crippen molar-refractivity contribution in [3.8, 4) is 21.1 Å². The number of pyridine rings is 1. The van der Waals surface area contributed by atoms with Gasteiger partial charge in [-0.15, -0.1) is 22.7 Å². The first kappa shape index (κ1) is 16.4. The fourth-order valence-electron chi connectivity index (χ4n) is 3.11. The lowest BCUT2D eigenvalue weighted by Gasteiger charge is -2.22. The van der Waals surface area contributed by atoms with E-state index in [0.717, 1.165) is 34.0 Å². The Balaban J connectivity index is 1.67. The third kappa shape index (κ3) is 3.77. The topological polar surface area (TPSA) is 67.8 Å². The second-order valence-corrected chi connectivity index (χ2v) is 7.94. The summed E-state index contributed by atoms with van der Waals surface area (Å²) in [6.07, 6.45) is 9.37. The molecule has 1 amide bonds. The van der Waals surface area contributed by atoms with E-state index in [1.807, 2.05) is 12.1 Å². The van der Waals surface area contributed by atoms with Crippen LogP contribution in [-0.4, -0.2) is 26.9 Å². The number of aromatic nitrogens is 3. The highest BCUT2D eigenvalue weighted by Gasteiger charge is 2.19. The van der Waals surface area contributed by atoms with Crippen molar-refractivity contribution in [2.24, 2.45) is 0 Å². The van der Waals surface area contributed by atoms with E-state index >= 15 is 0 Å². The van der Waals surface area contributed by atoms with Crippen molar-refractivity contribution in [2.75, 3.05) is 0 Å². The molecular weight excluding hydrogens is 352 g/mol. The molecule has 1 saturated carbocycles. The van der Waals surface area contributed by atoms with Gasteiger partial charge in [0.1, 0.15) is 0 Å². The molecule has 0 atom stereocenters. The van der Waals surface area contributed by atoms with Gasteiger partial charge in [-0.1, -0.05) is 19.3 Å². The molecule has 3 aromatic heterocycles. The summed E-state index contributed by atoms with van der Waals surface area (Å²) < 4.78 is 0. The summed E-state index contributed by atoms with van der Waals surface area (Å²) in [6, 6.07) is 4.00. The minimum absolute atomic E-state index is 0.0224. The molecule has 7 heteroatoms. The molecule has 1 N–H and O–H groups in total. The first-order valence-electron chi connectivity index (χ1n) is 8.40. The Morgan fingerprint density at radius 1 is 0.960 bits per heavy atom. The zero-order valence-corrected chi connectivity index (χ0v) is 15.3. The van der Waals surface area contributed by atoms with Gasteiger partial charge in [-0.2, -0.15) is 0 Å². The van der Waals surface area contributed by atoms with E-state index in [-0.39, 0.29) is 11.9 Å². The maximum atomic E-state index is 12.8. The maximum Gasteiger partial charge on any atom is 0.251 e. The van der Waals surface area contributed by atoms with Gasteiger partial charge in [-0.3, -0.25) is 14.8 Å². The summed E-state index contributed by atoms with van der Waals surface area (Å²) in [7, 11) is 0. The van der Waals surface area contributed by atoms with Gasteiger partial charge in [-0.05, 0) is 25.0 Å². The number of nitrogens with one attached hydrogen (secondary N) is 1. The highest BCUT2D eigenvalue weighted by Crippen LogP contribution is 2.29. The average molecular weight is 371 g/mol. The van der Waals surface area contributed by atoms with Crippen molar-refractivity contribution in [1.82, 2.24) is 20.3 Å². The van der Waals surface area contributed by atoms with Crippen molar-refractivity contribution >= 4 is 28.6 Å². The van der Waals surface area contributed by atoms with Gasteiger partial charge < -0.3 is 5.32 Å².